The number of halogens is 1. The number of carbonyl (C=O) groups excluding carboxylic acids is 2. The van der Waals surface area contributed by atoms with E-state index in [1.165, 1.54) is 29.3 Å². The van der Waals surface area contributed by atoms with E-state index in [0.29, 0.717) is 28.4 Å². The van der Waals surface area contributed by atoms with Crippen LogP contribution in [0.5, 0.6) is 11.5 Å². The average molecular weight is 432 g/mol. The SMILES string of the molecule is Cc1cc(/C(O)=C2\C(=O)C(=O)N(c3ccc4c(c3)OCO4)C2c2ccccn2)ccc1F. The van der Waals surface area contributed by atoms with Gasteiger partial charge in [0.1, 0.15) is 17.6 Å². The fraction of sp³-hybridized carbons (Fsp3) is 0.125. The number of fused-ring (bicyclic) bond motifs is 1. The molecular weight excluding hydrogens is 415 g/mol. The van der Waals surface area contributed by atoms with Gasteiger partial charge in [-0.3, -0.25) is 19.5 Å². The van der Waals surface area contributed by atoms with E-state index in [0.717, 1.165) is 0 Å². The number of amides is 1. The van der Waals surface area contributed by atoms with Crippen molar-refractivity contribution in [2.45, 2.75) is 13.0 Å². The summed E-state index contributed by atoms with van der Waals surface area (Å²) in [5, 5.41) is 11.1. The molecule has 0 aliphatic carbocycles. The van der Waals surface area contributed by atoms with Gasteiger partial charge in [0.15, 0.2) is 11.5 Å². The minimum atomic E-state index is -0.984. The zero-order valence-electron chi connectivity index (χ0n) is 16.9. The Morgan fingerprint density at radius 3 is 2.66 bits per heavy atom. The first-order valence-corrected chi connectivity index (χ1v) is 9.84. The van der Waals surface area contributed by atoms with Crippen LogP contribution in [0.15, 0.2) is 66.4 Å². The van der Waals surface area contributed by atoms with E-state index in [1.54, 1.807) is 43.3 Å². The molecule has 1 saturated heterocycles. The van der Waals surface area contributed by atoms with Crippen molar-refractivity contribution in [3.8, 4) is 11.5 Å². The molecule has 0 spiro atoms. The molecule has 7 nitrogen and oxygen atoms in total. The number of hydrogen-bond donors (Lipinski definition) is 1. The van der Waals surface area contributed by atoms with E-state index in [4.69, 9.17) is 9.47 Å². The quantitative estimate of drug-likeness (QED) is 0.384. The second-order valence-electron chi connectivity index (χ2n) is 7.43. The van der Waals surface area contributed by atoms with Gasteiger partial charge in [-0.2, -0.15) is 0 Å². The van der Waals surface area contributed by atoms with Gasteiger partial charge in [-0.1, -0.05) is 6.07 Å². The number of nitrogens with zero attached hydrogens (tertiary/aromatic N) is 2. The molecule has 1 atom stereocenters. The van der Waals surface area contributed by atoms with Gasteiger partial charge in [-0.25, -0.2) is 4.39 Å². The van der Waals surface area contributed by atoms with E-state index in [1.807, 2.05) is 0 Å². The number of benzene rings is 2. The first-order valence-electron chi connectivity index (χ1n) is 9.84. The van der Waals surface area contributed by atoms with Gasteiger partial charge in [0.2, 0.25) is 6.79 Å². The summed E-state index contributed by atoms with van der Waals surface area (Å²) in [6, 6.07) is 13.0. The fourth-order valence-electron chi connectivity index (χ4n) is 3.90. The number of aliphatic hydroxyl groups is 1. The van der Waals surface area contributed by atoms with Crippen LogP contribution in [0.4, 0.5) is 10.1 Å². The average Bonchev–Trinajstić information content (AvgIpc) is 3.38. The predicted octanol–water partition coefficient (Wildman–Crippen LogP) is 3.88. The topological polar surface area (TPSA) is 89.0 Å². The highest BCUT2D eigenvalue weighted by Gasteiger charge is 2.47. The summed E-state index contributed by atoms with van der Waals surface area (Å²) in [4.78, 5) is 31.8. The first kappa shape index (κ1) is 19.7. The zero-order chi connectivity index (χ0) is 22.4. The van der Waals surface area contributed by atoms with E-state index < -0.39 is 29.3 Å². The Bertz CT molecular complexity index is 1290. The maximum Gasteiger partial charge on any atom is 0.300 e. The highest BCUT2D eigenvalue weighted by molar-refractivity contribution is 6.51. The molecule has 0 bridgehead atoms. The Kier molecular flexibility index (Phi) is 4.62. The highest BCUT2D eigenvalue weighted by Crippen LogP contribution is 2.44. The van der Waals surface area contributed by atoms with Gasteiger partial charge < -0.3 is 14.6 Å². The molecule has 1 amide bonds. The van der Waals surface area contributed by atoms with E-state index in [9.17, 15) is 19.1 Å². The van der Waals surface area contributed by atoms with Crippen molar-refractivity contribution in [3.63, 3.8) is 0 Å². The minimum Gasteiger partial charge on any atom is -0.507 e. The number of hydrogen-bond acceptors (Lipinski definition) is 6. The number of ether oxygens (including phenoxy) is 2. The second-order valence-corrected chi connectivity index (χ2v) is 7.43. The van der Waals surface area contributed by atoms with Crippen molar-refractivity contribution in [2.24, 2.45) is 0 Å². The Balaban J connectivity index is 1.70. The third-order valence-corrected chi connectivity index (χ3v) is 5.48. The number of anilines is 1. The Hall–Kier alpha value is -4.20. The van der Waals surface area contributed by atoms with Crippen LogP contribution in [0.1, 0.15) is 22.9 Å². The van der Waals surface area contributed by atoms with Crippen LogP contribution in [0.2, 0.25) is 0 Å². The third-order valence-electron chi connectivity index (χ3n) is 5.48. The van der Waals surface area contributed by atoms with Crippen molar-refractivity contribution in [3.05, 3.63) is 89.0 Å². The number of aryl methyl sites for hydroxylation is 1. The lowest BCUT2D eigenvalue weighted by Crippen LogP contribution is -2.29. The number of pyridine rings is 1. The maximum absolute atomic E-state index is 13.8. The van der Waals surface area contributed by atoms with Crippen LogP contribution in [-0.4, -0.2) is 28.6 Å². The van der Waals surface area contributed by atoms with E-state index in [-0.39, 0.29) is 17.9 Å². The Morgan fingerprint density at radius 2 is 1.91 bits per heavy atom. The normalized spacial score (nSPS) is 18.9. The van der Waals surface area contributed by atoms with Crippen molar-refractivity contribution in [1.82, 2.24) is 4.98 Å². The molecule has 3 aromatic rings. The van der Waals surface area contributed by atoms with Gasteiger partial charge in [0.05, 0.1) is 11.3 Å². The lowest BCUT2D eigenvalue weighted by atomic mass is 9.97. The molecule has 0 saturated carbocycles. The van der Waals surface area contributed by atoms with Crippen LogP contribution in [0.25, 0.3) is 5.76 Å². The molecule has 2 aliphatic heterocycles. The lowest BCUT2D eigenvalue weighted by molar-refractivity contribution is -0.132. The lowest BCUT2D eigenvalue weighted by Gasteiger charge is -2.24. The number of Topliss-reactive ketones (excluding diaryl/α,β-unsaturated/α-hetero) is 1. The summed E-state index contributed by atoms with van der Waals surface area (Å²) >= 11 is 0. The van der Waals surface area contributed by atoms with Crippen LogP contribution in [0, 0.1) is 12.7 Å². The molecule has 0 radical (unpaired) electrons. The second kappa shape index (κ2) is 7.49. The number of aromatic nitrogens is 1. The maximum atomic E-state index is 13.8. The Labute approximate surface area is 182 Å². The van der Waals surface area contributed by atoms with Crippen molar-refractivity contribution >= 4 is 23.1 Å². The molecule has 1 fully saturated rings. The van der Waals surface area contributed by atoms with Crippen molar-refractivity contribution in [1.29, 1.82) is 0 Å². The summed E-state index contributed by atoms with van der Waals surface area (Å²) in [5.41, 5.74) is 1.19. The predicted molar refractivity (Wildman–Crippen MR) is 113 cm³/mol. The number of aliphatic hydroxyl groups excluding tert-OH is 1. The number of ketones is 1. The van der Waals surface area contributed by atoms with Gasteiger partial charge in [-0.15, -0.1) is 0 Å². The van der Waals surface area contributed by atoms with Crippen molar-refractivity contribution in [2.75, 3.05) is 11.7 Å². The zero-order valence-corrected chi connectivity index (χ0v) is 16.9. The van der Waals surface area contributed by atoms with Crippen molar-refractivity contribution < 1.29 is 28.6 Å². The molecule has 2 aromatic carbocycles. The molecule has 160 valence electrons. The number of carbonyl (C=O) groups is 2. The molecule has 2 aliphatic rings. The van der Waals surface area contributed by atoms with Gasteiger partial charge in [-0.05, 0) is 55.0 Å². The summed E-state index contributed by atoms with van der Waals surface area (Å²) in [6.45, 7) is 1.61. The molecule has 32 heavy (non-hydrogen) atoms. The smallest absolute Gasteiger partial charge is 0.300 e. The standard InChI is InChI=1S/C24H17FN2O5/c1-13-10-14(5-7-16(13)25)22(28)20-21(17-4-2-3-9-26-17)27(24(30)23(20)29)15-6-8-18-19(11-15)32-12-31-18/h2-11,21,28H,12H2,1H3/b22-20+. The van der Waals surface area contributed by atoms with Gasteiger partial charge in [0, 0.05) is 23.5 Å². The molecule has 3 heterocycles. The molecule has 1 N–H and O–H groups in total. The van der Waals surface area contributed by atoms with E-state index in [2.05, 4.69) is 4.98 Å². The summed E-state index contributed by atoms with van der Waals surface area (Å²) in [5.74, 6) is -1.55. The summed E-state index contributed by atoms with van der Waals surface area (Å²) < 4.78 is 24.5. The monoisotopic (exact) mass is 432 g/mol. The van der Waals surface area contributed by atoms with Gasteiger partial charge in [0.25, 0.3) is 11.7 Å². The molecule has 1 unspecified atom stereocenters. The third kappa shape index (κ3) is 3.08. The van der Waals surface area contributed by atoms with Crippen LogP contribution >= 0.6 is 0 Å². The Morgan fingerprint density at radius 1 is 1.09 bits per heavy atom. The van der Waals surface area contributed by atoms with Gasteiger partial charge >= 0.3 is 0 Å². The summed E-state index contributed by atoms with van der Waals surface area (Å²) in [6.07, 6.45) is 1.54. The number of rotatable bonds is 3. The molecule has 5 rings (SSSR count). The molecule has 8 heteroatoms. The fourth-order valence-corrected chi connectivity index (χ4v) is 3.90. The molecular formula is C24H17FN2O5. The molecule has 1 aromatic heterocycles. The largest absolute Gasteiger partial charge is 0.507 e. The van der Waals surface area contributed by atoms with Crippen LogP contribution in [-0.2, 0) is 9.59 Å². The minimum absolute atomic E-state index is 0.0607. The van der Waals surface area contributed by atoms with Crippen LogP contribution < -0.4 is 14.4 Å². The first-order chi connectivity index (χ1) is 15.5. The highest BCUT2D eigenvalue weighted by atomic mass is 19.1. The summed E-state index contributed by atoms with van der Waals surface area (Å²) in [7, 11) is 0. The van der Waals surface area contributed by atoms with Crippen LogP contribution in [0.3, 0.4) is 0 Å². The van der Waals surface area contributed by atoms with E-state index >= 15 is 0 Å².